The van der Waals surface area contributed by atoms with Gasteiger partial charge in [-0.3, -0.25) is 4.79 Å². The summed E-state index contributed by atoms with van der Waals surface area (Å²) in [4.78, 5) is 14.0. The number of methoxy groups -OCH3 is 1. The zero-order valence-electron chi connectivity index (χ0n) is 11.6. The van der Waals surface area contributed by atoms with Crippen LogP contribution in [-0.2, 0) is 4.79 Å². The molecular weight excluding hydrogens is 256 g/mol. The minimum atomic E-state index is -0.326. The third kappa shape index (κ3) is 2.68. The molecule has 1 aliphatic rings. The van der Waals surface area contributed by atoms with Crippen molar-refractivity contribution < 1.29 is 9.53 Å². The van der Waals surface area contributed by atoms with Crippen molar-refractivity contribution in [3.05, 3.63) is 23.8 Å². The predicted molar refractivity (Wildman–Crippen MR) is 75.8 cm³/mol. The van der Waals surface area contributed by atoms with Gasteiger partial charge in [0.2, 0.25) is 5.91 Å². The number of nitrogens with zero attached hydrogens (tertiary/aromatic N) is 2. The number of nitrogens with one attached hydrogen (secondary N) is 2. The number of carbonyl (C=O) groups is 1. The number of hydrogen-bond donors (Lipinski definition) is 2. The van der Waals surface area contributed by atoms with Gasteiger partial charge in [0.1, 0.15) is 17.9 Å². The van der Waals surface area contributed by atoms with E-state index in [1.54, 1.807) is 32.4 Å². The Bertz CT molecular complexity index is 538. The summed E-state index contributed by atoms with van der Waals surface area (Å²) in [5, 5.41) is 15.1. The molecule has 1 atom stereocenters. The predicted octanol–water partition coefficient (Wildman–Crippen LogP) is 0.0911. The highest BCUT2D eigenvalue weighted by Gasteiger charge is 2.29. The molecule has 0 aliphatic carbocycles. The second-order valence-electron chi connectivity index (χ2n) is 4.52. The number of likely N-dealkylation sites (N-methyl/N-ethyl adjacent to an activating group) is 1. The van der Waals surface area contributed by atoms with Crippen LogP contribution in [0.1, 0.15) is 5.56 Å². The summed E-state index contributed by atoms with van der Waals surface area (Å²) in [6, 6.07) is 7.12. The molecule has 1 aliphatic heterocycles. The zero-order chi connectivity index (χ0) is 14.5. The van der Waals surface area contributed by atoms with Gasteiger partial charge in [-0.15, -0.1) is 0 Å². The fraction of sp³-hybridized carbons (Fsp3) is 0.429. The highest BCUT2D eigenvalue weighted by molar-refractivity contribution is 5.86. The average molecular weight is 274 g/mol. The first-order chi connectivity index (χ1) is 9.71. The lowest BCUT2D eigenvalue weighted by Gasteiger charge is -2.37. The molecule has 1 aromatic carbocycles. The number of piperazine rings is 1. The molecule has 0 radical (unpaired) electrons. The maximum atomic E-state index is 12.0. The molecular formula is C14H18N4O2. The van der Waals surface area contributed by atoms with Crippen LogP contribution in [0.5, 0.6) is 5.75 Å². The molecule has 1 aromatic rings. The van der Waals surface area contributed by atoms with Crippen molar-refractivity contribution in [1.82, 2.24) is 10.6 Å². The summed E-state index contributed by atoms with van der Waals surface area (Å²) in [7, 11) is 3.20. The van der Waals surface area contributed by atoms with Crippen LogP contribution in [0.25, 0.3) is 0 Å². The van der Waals surface area contributed by atoms with Gasteiger partial charge in [0.05, 0.1) is 18.4 Å². The molecule has 1 unspecified atom stereocenters. The van der Waals surface area contributed by atoms with E-state index in [4.69, 9.17) is 4.74 Å². The molecule has 6 nitrogen and oxygen atoms in total. The Balaban J connectivity index is 2.41. The van der Waals surface area contributed by atoms with Gasteiger partial charge in [-0.2, -0.15) is 5.26 Å². The van der Waals surface area contributed by atoms with Crippen molar-refractivity contribution in [1.29, 1.82) is 5.26 Å². The normalized spacial score (nSPS) is 18.2. The van der Waals surface area contributed by atoms with Crippen LogP contribution in [-0.4, -0.2) is 45.7 Å². The van der Waals surface area contributed by atoms with E-state index in [-0.39, 0.29) is 11.9 Å². The van der Waals surface area contributed by atoms with E-state index in [2.05, 4.69) is 16.7 Å². The molecule has 0 aromatic heterocycles. The van der Waals surface area contributed by atoms with Crippen molar-refractivity contribution >= 4 is 11.6 Å². The van der Waals surface area contributed by atoms with Crippen molar-refractivity contribution in [3.8, 4) is 11.8 Å². The van der Waals surface area contributed by atoms with Gasteiger partial charge in [-0.05, 0) is 12.1 Å². The number of amides is 1. The second kappa shape index (κ2) is 6.26. The van der Waals surface area contributed by atoms with E-state index in [0.29, 0.717) is 24.4 Å². The lowest BCUT2D eigenvalue weighted by molar-refractivity contribution is -0.122. The van der Waals surface area contributed by atoms with Crippen LogP contribution in [0.4, 0.5) is 5.69 Å². The highest BCUT2D eigenvalue weighted by atomic mass is 16.5. The third-order valence-corrected chi connectivity index (χ3v) is 3.43. The topological polar surface area (TPSA) is 77.4 Å². The van der Waals surface area contributed by atoms with E-state index in [0.717, 1.165) is 12.2 Å². The van der Waals surface area contributed by atoms with Gasteiger partial charge in [0.25, 0.3) is 0 Å². The standard InChI is InChI=1S/C14H18N4O2/c1-16-14(19)13-9-17-5-6-18(13)12-7-11(20-2)4-3-10(12)8-15/h3-4,7,13,17H,5-6,9H2,1-2H3,(H,16,19). The first-order valence-electron chi connectivity index (χ1n) is 6.48. The van der Waals surface area contributed by atoms with E-state index >= 15 is 0 Å². The van der Waals surface area contributed by atoms with E-state index in [9.17, 15) is 10.1 Å². The largest absolute Gasteiger partial charge is 0.497 e. The fourth-order valence-corrected chi connectivity index (χ4v) is 2.36. The molecule has 6 heteroatoms. The molecule has 0 bridgehead atoms. The summed E-state index contributed by atoms with van der Waals surface area (Å²) >= 11 is 0. The molecule has 1 heterocycles. The number of ether oxygens (including phenoxy) is 1. The maximum Gasteiger partial charge on any atom is 0.243 e. The quantitative estimate of drug-likeness (QED) is 0.817. The Hall–Kier alpha value is -2.26. The smallest absolute Gasteiger partial charge is 0.243 e. The SMILES string of the molecule is CNC(=O)C1CNCCN1c1cc(OC)ccc1C#N. The van der Waals surface area contributed by atoms with Crippen LogP contribution < -0.4 is 20.3 Å². The van der Waals surface area contributed by atoms with Crippen LogP contribution in [0.2, 0.25) is 0 Å². The van der Waals surface area contributed by atoms with Crippen LogP contribution in [0, 0.1) is 11.3 Å². The summed E-state index contributed by atoms with van der Waals surface area (Å²) in [6.45, 7) is 2.00. The lowest BCUT2D eigenvalue weighted by atomic mass is 10.1. The summed E-state index contributed by atoms with van der Waals surface area (Å²) in [5.74, 6) is 0.608. The van der Waals surface area contributed by atoms with Crippen LogP contribution in [0.15, 0.2) is 18.2 Å². The molecule has 1 amide bonds. The molecule has 2 rings (SSSR count). The average Bonchev–Trinajstić information content (AvgIpc) is 2.53. The van der Waals surface area contributed by atoms with Crippen molar-refractivity contribution in [2.45, 2.75) is 6.04 Å². The number of rotatable bonds is 3. The minimum Gasteiger partial charge on any atom is -0.497 e. The number of carbonyl (C=O) groups excluding carboxylic acids is 1. The summed E-state index contributed by atoms with van der Waals surface area (Å²) in [6.07, 6.45) is 0. The first kappa shape index (κ1) is 14.2. The molecule has 0 saturated carbocycles. The van der Waals surface area contributed by atoms with Crippen LogP contribution >= 0.6 is 0 Å². The summed E-state index contributed by atoms with van der Waals surface area (Å²) < 4.78 is 5.21. The zero-order valence-corrected chi connectivity index (χ0v) is 11.6. The third-order valence-electron chi connectivity index (χ3n) is 3.43. The number of hydrogen-bond acceptors (Lipinski definition) is 5. The Kier molecular flexibility index (Phi) is 4.43. The van der Waals surface area contributed by atoms with Gasteiger partial charge >= 0.3 is 0 Å². The second-order valence-corrected chi connectivity index (χ2v) is 4.52. The molecule has 1 saturated heterocycles. The van der Waals surface area contributed by atoms with Crippen LogP contribution in [0.3, 0.4) is 0 Å². The Morgan fingerprint density at radius 1 is 1.60 bits per heavy atom. The first-order valence-corrected chi connectivity index (χ1v) is 6.48. The van der Waals surface area contributed by atoms with E-state index in [1.807, 2.05) is 4.90 Å². The van der Waals surface area contributed by atoms with Crippen molar-refractivity contribution in [3.63, 3.8) is 0 Å². The lowest BCUT2D eigenvalue weighted by Crippen LogP contribution is -2.57. The van der Waals surface area contributed by atoms with Crippen molar-refractivity contribution in [2.24, 2.45) is 0 Å². The Morgan fingerprint density at radius 2 is 2.40 bits per heavy atom. The monoisotopic (exact) mass is 274 g/mol. The fourth-order valence-electron chi connectivity index (χ4n) is 2.36. The molecule has 2 N–H and O–H groups in total. The summed E-state index contributed by atoms with van der Waals surface area (Å²) in [5.41, 5.74) is 1.28. The van der Waals surface area contributed by atoms with Crippen molar-refractivity contribution in [2.75, 3.05) is 38.7 Å². The number of nitriles is 1. The van der Waals surface area contributed by atoms with E-state index < -0.39 is 0 Å². The van der Waals surface area contributed by atoms with E-state index in [1.165, 1.54) is 0 Å². The van der Waals surface area contributed by atoms with Gasteiger partial charge in [-0.1, -0.05) is 0 Å². The maximum absolute atomic E-state index is 12.0. The molecule has 20 heavy (non-hydrogen) atoms. The Labute approximate surface area is 118 Å². The van der Waals surface area contributed by atoms with Gasteiger partial charge in [0, 0.05) is 32.7 Å². The number of anilines is 1. The molecule has 0 spiro atoms. The highest BCUT2D eigenvalue weighted by Crippen LogP contribution is 2.27. The minimum absolute atomic E-state index is 0.0658. The Morgan fingerprint density at radius 3 is 3.05 bits per heavy atom. The number of benzene rings is 1. The van der Waals surface area contributed by atoms with Gasteiger partial charge < -0.3 is 20.3 Å². The molecule has 106 valence electrons. The van der Waals surface area contributed by atoms with Gasteiger partial charge in [0.15, 0.2) is 0 Å². The molecule has 1 fully saturated rings. The van der Waals surface area contributed by atoms with Gasteiger partial charge in [-0.25, -0.2) is 0 Å².